The number of allylic oxidation sites excluding steroid dienone is 2. The smallest absolute Gasteiger partial charge is 0.253 e. The van der Waals surface area contributed by atoms with Crippen LogP contribution in [0.4, 0.5) is 0 Å². The highest BCUT2D eigenvalue weighted by Crippen LogP contribution is 2.25. The zero-order valence-corrected chi connectivity index (χ0v) is 30.0. The minimum Gasteiger partial charge on any atom is -0.339 e. The Kier molecular flexibility index (Phi) is 17.9. The van der Waals surface area contributed by atoms with Crippen molar-refractivity contribution in [3.05, 3.63) is 59.7 Å². The van der Waals surface area contributed by atoms with E-state index in [1.807, 2.05) is 85.1 Å². The molecule has 1 N–H and O–H groups in total. The molecule has 1 aromatic carbocycles. The number of piperidine rings is 3. The van der Waals surface area contributed by atoms with Crippen LogP contribution in [0.5, 0.6) is 0 Å². The predicted octanol–water partition coefficient (Wildman–Crippen LogP) is 4.52. The van der Waals surface area contributed by atoms with Crippen LogP contribution in [0.15, 0.2) is 54.1 Å². The third kappa shape index (κ3) is 12.0. The lowest BCUT2D eigenvalue weighted by Crippen LogP contribution is -2.47. The molecule has 0 aromatic heterocycles. The predicted molar refractivity (Wildman–Crippen MR) is 190 cm³/mol. The third-order valence-corrected chi connectivity index (χ3v) is 9.08. The second-order valence-electron chi connectivity index (χ2n) is 12.7. The van der Waals surface area contributed by atoms with Crippen LogP contribution in [0.2, 0.25) is 0 Å². The highest BCUT2D eigenvalue weighted by atomic mass is 16.2. The van der Waals surface area contributed by atoms with E-state index in [0.717, 1.165) is 82.4 Å². The minimum atomic E-state index is 0.0565. The molecule has 1 unspecified atom stereocenters. The molecule has 258 valence electrons. The van der Waals surface area contributed by atoms with Crippen molar-refractivity contribution in [1.82, 2.24) is 29.8 Å². The van der Waals surface area contributed by atoms with Crippen molar-refractivity contribution in [3.8, 4) is 0 Å². The number of amides is 3. The molecule has 0 radical (unpaired) electrons. The molecule has 3 fully saturated rings. The van der Waals surface area contributed by atoms with Gasteiger partial charge in [0.25, 0.3) is 5.91 Å². The minimum absolute atomic E-state index is 0.0565. The first-order valence-electron chi connectivity index (χ1n) is 17.4. The van der Waals surface area contributed by atoms with Crippen LogP contribution in [0.25, 0.3) is 0 Å². The van der Waals surface area contributed by atoms with Gasteiger partial charge in [0.2, 0.25) is 11.8 Å². The summed E-state index contributed by atoms with van der Waals surface area (Å²) in [7, 11) is 12.2. The van der Waals surface area contributed by atoms with Crippen molar-refractivity contribution in [1.29, 1.82) is 0 Å². The van der Waals surface area contributed by atoms with E-state index in [1.165, 1.54) is 0 Å². The van der Waals surface area contributed by atoms with Gasteiger partial charge in [-0.25, -0.2) is 0 Å². The quantitative estimate of drug-likeness (QED) is 0.511. The number of hydrogen-bond acceptors (Lipinski definition) is 6. The Morgan fingerprint density at radius 3 is 1.74 bits per heavy atom. The highest BCUT2D eigenvalue weighted by Gasteiger charge is 2.31. The molecular weight excluding hydrogens is 576 g/mol. The molecule has 1 aliphatic carbocycles. The fourth-order valence-electron chi connectivity index (χ4n) is 6.35. The van der Waals surface area contributed by atoms with Crippen molar-refractivity contribution in [3.63, 3.8) is 0 Å². The summed E-state index contributed by atoms with van der Waals surface area (Å²) in [5.74, 6) is 0.560. The molecule has 5 rings (SSSR count). The standard InChI is InChI=1S/C19H29N3O2.C14H20N2O.C2H7N.C2H6/c1-20(2)16-9-12-21(13-10-16)19(24)15-6-5-7-17(14-15)22-11-4-3-8-18(22)23;1-15(2)13-8-10-16(11-9-13)14(17)12-6-4-3-5-7-12;1-3-2;1-2/h5-7,16-17H,3-4,8-14H2,1-2H3;3-7,13H,8-11H2,1-2H3;3H,1-2H3;1-2H3. The van der Waals surface area contributed by atoms with Gasteiger partial charge in [0.1, 0.15) is 0 Å². The Morgan fingerprint density at radius 2 is 1.26 bits per heavy atom. The second kappa shape index (κ2) is 21.0. The van der Waals surface area contributed by atoms with Crippen LogP contribution in [0.3, 0.4) is 0 Å². The number of hydrogen-bond donors (Lipinski definition) is 1. The van der Waals surface area contributed by atoms with Gasteiger partial charge >= 0.3 is 0 Å². The monoisotopic (exact) mass is 638 g/mol. The summed E-state index contributed by atoms with van der Waals surface area (Å²) in [5.41, 5.74) is 1.65. The van der Waals surface area contributed by atoms with Gasteiger partial charge in [-0.3, -0.25) is 14.4 Å². The van der Waals surface area contributed by atoms with E-state index in [1.54, 1.807) is 0 Å². The Labute approximate surface area is 279 Å². The number of carbonyl (C=O) groups is 3. The Bertz CT molecular complexity index is 1100. The van der Waals surface area contributed by atoms with E-state index < -0.39 is 0 Å². The maximum atomic E-state index is 12.8. The average Bonchev–Trinajstić information content (AvgIpc) is 3.10. The molecule has 3 aliphatic heterocycles. The van der Waals surface area contributed by atoms with E-state index in [9.17, 15) is 14.4 Å². The highest BCUT2D eigenvalue weighted by molar-refractivity contribution is 5.95. The van der Waals surface area contributed by atoms with Crippen molar-refractivity contribution < 1.29 is 14.4 Å². The van der Waals surface area contributed by atoms with Crippen LogP contribution >= 0.6 is 0 Å². The van der Waals surface area contributed by atoms with E-state index in [0.29, 0.717) is 24.9 Å². The molecule has 3 amide bonds. The van der Waals surface area contributed by atoms with Gasteiger partial charge < -0.3 is 29.8 Å². The lowest BCUT2D eigenvalue weighted by Gasteiger charge is -2.37. The number of benzene rings is 1. The maximum absolute atomic E-state index is 12.8. The van der Waals surface area contributed by atoms with Crippen LogP contribution in [0.1, 0.15) is 75.6 Å². The number of nitrogens with one attached hydrogen (secondary N) is 1. The molecule has 0 spiro atoms. The summed E-state index contributed by atoms with van der Waals surface area (Å²) in [4.78, 5) is 47.6. The topological polar surface area (TPSA) is 79.4 Å². The second-order valence-corrected chi connectivity index (χ2v) is 12.7. The van der Waals surface area contributed by atoms with Crippen LogP contribution in [0, 0.1) is 0 Å². The molecule has 1 atom stereocenters. The normalized spacial score (nSPS) is 20.6. The maximum Gasteiger partial charge on any atom is 0.253 e. The summed E-state index contributed by atoms with van der Waals surface area (Å²) < 4.78 is 0. The van der Waals surface area contributed by atoms with Crippen LogP contribution in [-0.2, 0) is 9.59 Å². The molecular formula is C37H62N6O3. The molecule has 3 saturated heterocycles. The first kappa shape index (κ1) is 39.2. The number of likely N-dealkylation sites (tertiary alicyclic amines) is 3. The first-order valence-corrected chi connectivity index (χ1v) is 17.4. The van der Waals surface area contributed by atoms with Gasteiger partial charge in [0, 0.05) is 68.8 Å². The van der Waals surface area contributed by atoms with Gasteiger partial charge in [-0.2, -0.15) is 0 Å². The number of nitrogens with zero attached hydrogens (tertiary/aromatic N) is 5. The Balaban J connectivity index is 0.000000293. The van der Waals surface area contributed by atoms with Gasteiger partial charge in [0.05, 0.1) is 6.04 Å². The summed E-state index contributed by atoms with van der Waals surface area (Å²) >= 11 is 0. The van der Waals surface area contributed by atoms with E-state index in [4.69, 9.17) is 0 Å². The van der Waals surface area contributed by atoms with E-state index in [2.05, 4.69) is 49.4 Å². The van der Waals surface area contributed by atoms with E-state index >= 15 is 0 Å². The van der Waals surface area contributed by atoms with Gasteiger partial charge in [0.15, 0.2) is 0 Å². The fourth-order valence-corrected chi connectivity index (χ4v) is 6.35. The molecule has 1 aromatic rings. The summed E-state index contributed by atoms with van der Waals surface area (Å²) in [6, 6.07) is 10.8. The van der Waals surface area contributed by atoms with Crippen molar-refractivity contribution in [2.24, 2.45) is 0 Å². The fraction of sp³-hybridized carbons (Fsp3) is 0.649. The summed E-state index contributed by atoms with van der Waals surface area (Å²) in [6.07, 6.45) is 13.6. The lowest BCUT2D eigenvalue weighted by atomic mass is 9.95. The Hall–Kier alpha value is -3.01. The van der Waals surface area contributed by atoms with Gasteiger partial charge in [-0.1, -0.05) is 50.3 Å². The molecule has 9 heteroatoms. The van der Waals surface area contributed by atoms with Crippen molar-refractivity contribution in [2.45, 2.75) is 83.3 Å². The van der Waals surface area contributed by atoms with Gasteiger partial charge in [-0.15, -0.1) is 0 Å². The van der Waals surface area contributed by atoms with Crippen LogP contribution in [-0.4, -0.2) is 135 Å². The zero-order valence-electron chi connectivity index (χ0n) is 30.0. The lowest BCUT2D eigenvalue weighted by molar-refractivity contribution is -0.135. The molecule has 3 heterocycles. The molecule has 0 bridgehead atoms. The average molecular weight is 639 g/mol. The summed E-state index contributed by atoms with van der Waals surface area (Å²) in [5, 5.41) is 2.75. The number of rotatable bonds is 5. The van der Waals surface area contributed by atoms with E-state index in [-0.39, 0.29) is 23.8 Å². The first-order chi connectivity index (χ1) is 22.2. The molecule has 9 nitrogen and oxygen atoms in total. The third-order valence-electron chi connectivity index (χ3n) is 9.08. The van der Waals surface area contributed by atoms with Crippen LogP contribution < -0.4 is 5.32 Å². The van der Waals surface area contributed by atoms with Crippen molar-refractivity contribution >= 4 is 17.7 Å². The summed E-state index contributed by atoms with van der Waals surface area (Å²) in [6.45, 7) is 8.22. The van der Waals surface area contributed by atoms with Gasteiger partial charge in [-0.05, 0) is 92.9 Å². The molecule has 0 saturated carbocycles. The Morgan fingerprint density at radius 1 is 0.761 bits per heavy atom. The molecule has 46 heavy (non-hydrogen) atoms. The zero-order chi connectivity index (χ0) is 34.1. The SMILES string of the molecule is CC.CN(C)C1CCN(C(=O)C2=CC=CC(N3CCCCC3=O)C2)CC1.CN(C)C1CCN(C(=O)c2ccccc2)CC1.CNC. The molecule has 4 aliphatic rings. The largest absolute Gasteiger partial charge is 0.339 e. The van der Waals surface area contributed by atoms with Crippen molar-refractivity contribution in [2.75, 3.05) is 75.0 Å². The number of carbonyl (C=O) groups excluding carboxylic acids is 3.